The fourth-order valence-corrected chi connectivity index (χ4v) is 6.74. The highest BCUT2D eigenvalue weighted by Gasteiger charge is 2.10. The molecule has 7 heterocycles. The summed E-state index contributed by atoms with van der Waals surface area (Å²) in [5, 5.41) is 6.18. The van der Waals surface area contributed by atoms with Crippen molar-refractivity contribution in [3.05, 3.63) is 185 Å². The van der Waals surface area contributed by atoms with Crippen LogP contribution in [0.5, 0.6) is 0 Å². The van der Waals surface area contributed by atoms with Crippen LogP contribution in [0.4, 0.5) is 0 Å². The predicted molar refractivity (Wildman–Crippen MR) is 213 cm³/mol. The molecule has 0 aliphatic carbocycles. The molecule has 266 valence electrons. The second-order valence-electron chi connectivity index (χ2n) is 13.1. The normalized spacial score (nSPS) is 11.3. The fraction of sp³-hybridized carbons (Fsp3) is 0.0698. The van der Waals surface area contributed by atoms with Crippen LogP contribution in [0, 0.1) is 0 Å². The molecule has 0 atom stereocenters. The molecular formula is C43H32N10O2. The molecule has 7 aromatic heterocycles. The van der Waals surface area contributed by atoms with E-state index in [1.54, 1.807) is 58.6 Å². The van der Waals surface area contributed by atoms with Gasteiger partial charge in [0.05, 0.1) is 65.8 Å². The van der Waals surface area contributed by atoms with Crippen LogP contribution in [-0.4, -0.2) is 48.2 Å². The van der Waals surface area contributed by atoms with Gasteiger partial charge >= 0.3 is 0 Å². The highest BCUT2D eigenvalue weighted by Crippen LogP contribution is 2.28. The summed E-state index contributed by atoms with van der Waals surface area (Å²) in [5.74, 6) is 0. The van der Waals surface area contributed by atoms with Gasteiger partial charge in [0.25, 0.3) is 11.1 Å². The third kappa shape index (κ3) is 6.52. The minimum atomic E-state index is -0.130. The maximum Gasteiger partial charge on any atom is 0.280 e. The van der Waals surface area contributed by atoms with Gasteiger partial charge in [0, 0.05) is 42.8 Å². The first-order valence-corrected chi connectivity index (χ1v) is 17.6. The molecule has 0 amide bonds. The summed E-state index contributed by atoms with van der Waals surface area (Å²) < 4.78 is 7.09. The van der Waals surface area contributed by atoms with Crippen molar-refractivity contribution in [2.24, 2.45) is 7.05 Å². The molecule has 12 nitrogen and oxygen atoms in total. The molecule has 0 radical (unpaired) electrons. The van der Waals surface area contributed by atoms with Crippen LogP contribution in [0.2, 0.25) is 0 Å². The van der Waals surface area contributed by atoms with Crippen LogP contribution in [0.3, 0.4) is 0 Å². The Morgan fingerprint density at radius 3 is 2.11 bits per heavy atom. The summed E-state index contributed by atoms with van der Waals surface area (Å²) in [6, 6.07) is 33.7. The molecule has 10 aromatic rings. The first-order chi connectivity index (χ1) is 27.0. The van der Waals surface area contributed by atoms with Crippen molar-refractivity contribution in [2.45, 2.75) is 13.1 Å². The summed E-state index contributed by atoms with van der Waals surface area (Å²) in [7, 11) is 1.93. The zero-order chi connectivity index (χ0) is 37.3. The predicted octanol–water partition coefficient (Wildman–Crippen LogP) is 6.55. The molecular weight excluding hydrogens is 689 g/mol. The van der Waals surface area contributed by atoms with E-state index in [0.29, 0.717) is 35.0 Å². The van der Waals surface area contributed by atoms with Crippen molar-refractivity contribution in [3.63, 3.8) is 0 Å². The maximum atomic E-state index is 12.6. The monoisotopic (exact) mass is 720 g/mol. The van der Waals surface area contributed by atoms with Crippen molar-refractivity contribution in [1.82, 2.24) is 48.2 Å². The van der Waals surface area contributed by atoms with Crippen LogP contribution >= 0.6 is 0 Å². The number of hydrogen-bond donors (Lipinski definition) is 0. The highest BCUT2D eigenvalue weighted by molar-refractivity contribution is 5.94. The van der Waals surface area contributed by atoms with Gasteiger partial charge in [0.15, 0.2) is 5.52 Å². The Bertz CT molecular complexity index is 3110. The van der Waals surface area contributed by atoms with Gasteiger partial charge in [-0.25, -0.2) is 19.9 Å². The van der Waals surface area contributed by atoms with Crippen molar-refractivity contribution in [1.29, 1.82) is 0 Å². The molecule has 0 fully saturated rings. The lowest BCUT2D eigenvalue weighted by molar-refractivity contribution is 0.746. The topological polar surface area (TPSA) is 131 Å². The largest absolute Gasteiger partial charge is 0.300 e. The van der Waals surface area contributed by atoms with E-state index < -0.39 is 0 Å². The van der Waals surface area contributed by atoms with E-state index in [9.17, 15) is 9.59 Å². The smallest absolute Gasteiger partial charge is 0.280 e. The summed E-state index contributed by atoms with van der Waals surface area (Å²) in [6.07, 6.45) is 13.9. The van der Waals surface area contributed by atoms with Gasteiger partial charge in [-0.2, -0.15) is 5.10 Å². The van der Waals surface area contributed by atoms with Gasteiger partial charge in [-0.15, -0.1) is 0 Å². The van der Waals surface area contributed by atoms with Crippen molar-refractivity contribution < 1.29 is 0 Å². The maximum absolute atomic E-state index is 12.6. The second kappa shape index (κ2) is 14.1. The molecule has 10 rings (SSSR count). The number of aromatic nitrogens is 10. The minimum absolute atomic E-state index is 0.0618. The Morgan fingerprint density at radius 2 is 1.31 bits per heavy atom. The fourth-order valence-electron chi connectivity index (χ4n) is 6.74. The van der Waals surface area contributed by atoms with Gasteiger partial charge < -0.3 is 0 Å². The molecule has 0 spiro atoms. The van der Waals surface area contributed by atoms with E-state index in [4.69, 9.17) is 0 Å². The quantitative estimate of drug-likeness (QED) is 0.189. The van der Waals surface area contributed by atoms with Crippen LogP contribution < -0.4 is 11.1 Å². The Labute approximate surface area is 313 Å². The van der Waals surface area contributed by atoms with Gasteiger partial charge in [-0.1, -0.05) is 66.7 Å². The number of imidazole rings is 1. The van der Waals surface area contributed by atoms with Crippen LogP contribution in [0.15, 0.2) is 163 Å². The minimum Gasteiger partial charge on any atom is -0.300 e. The third-order valence-electron chi connectivity index (χ3n) is 9.52. The summed E-state index contributed by atoms with van der Waals surface area (Å²) in [5.41, 5.74) is 9.76. The lowest BCUT2D eigenvalue weighted by Gasteiger charge is -2.08. The Hall–Kier alpha value is -7.60. The summed E-state index contributed by atoms with van der Waals surface area (Å²) >= 11 is 0. The lowest BCUT2D eigenvalue weighted by atomic mass is 10.0. The van der Waals surface area contributed by atoms with Crippen molar-refractivity contribution >= 4 is 38.5 Å². The molecule has 3 aromatic carbocycles. The number of hydrogen-bond acceptors (Lipinski definition) is 8. The number of fused-ring (bicyclic) bond motifs is 4. The first-order valence-electron chi connectivity index (χ1n) is 17.6. The van der Waals surface area contributed by atoms with E-state index in [-0.39, 0.29) is 11.1 Å². The van der Waals surface area contributed by atoms with E-state index >= 15 is 0 Å². The average molecular weight is 721 g/mol. The molecule has 0 bridgehead atoms. The lowest BCUT2D eigenvalue weighted by Crippen LogP contribution is -2.21. The van der Waals surface area contributed by atoms with Crippen molar-refractivity contribution in [3.8, 4) is 22.4 Å². The molecule has 0 unspecified atom stereocenters. The number of benzene rings is 3. The molecule has 12 heteroatoms. The van der Waals surface area contributed by atoms with Crippen LogP contribution in [-0.2, 0) is 20.1 Å². The number of pyridine rings is 3. The zero-order valence-corrected chi connectivity index (χ0v) is 29.6. The Balaban J connectivity index is 0.000000144. The van der Waals surface area contributed by atoms with E-state index in [0.717, 1.165) is 50.1 Å². The third-order valence-corrected chi connectivity index (χ3v) is 9.52. The molecule has 0 N–H and O–H groups in total. The molecule has 0 aliphatic heterocycles. The van der Waals surface area contributed by atoms with Crippen LogP contribution in [0.1, 0.15) is 11.1 Å². The van der Waals surface area contributed by atoms with E-state index in [1.165, 1.54) is 0 Å². The van der Waals surface area contributed by atoms with E-state index in [1.807, 2.05) is 84.9 Å². The molecule has 0 saturated heterocycles. The Kier molecular flexibility index (Phi) is 8.52. The van der Waals surface area contributed by atoms with Crippen LogP contribution in [0.25, 0.3) is 60.9 Å². The number of nitrogens with zero attached hydrogens (tertiary/aromatic N) is 10. The standard InChI is InChI=1S/C22H17N5O.C21H15N5O/c1-26-13-18-17(4-2-5-19(18)25-26)16-9-7-15(8-10-16)12-27-14-24-20-6-3-11-23-21(20)22(27)28;27-21-17-8-9-22-11-18(17)24-14-25(21)13-15-4-6-16(7-5-15)19-12-23-20-3-1-2-10-26(19)20/h2-11,13-14H,12H2,1H3;1-12,14H,13H2. The Morgan fingerprint density at radius 1 is 0.582 bits per heavy atom. The van der Waals surface area contributed by atoms with Gasteiger partial charge in [0.1, 0.15) is 5.65 Å². The summed E-state index contributed by atoms with van der Waals surface area (Å²) in [6.45, 7) is 0.924. The van der Waals surface area contributed by atoms with Gasteiger partial charge in [-0.05, 0) is 58.7 Å². The second-order valence-corrected chi connectivity index (χ2v) is 13.1. The number of rotatable bonds is 6. The molecule has 0 saturated carbocycles. The SMILES string of the molecule is Cn1cc2c(-c3ccc(Cn4cnc5cccnc5c4=O)cc3)cccc2n1.O=c1c2ccncc2ncn1Cc1ccc(-c2cnc3ccccn23)cc1. The number of aryl methyl sites for hydroxylation is 1. The summed E-state index contributed by atoms with van der Waals surface area (Å²) in [4.78, 5) is 46.5. The van der Waals surface area contributed by atoms with Gasteiger partial charge in [-0.3, -0.25) is 32.8 Å². The molecule has 55 heavy (non-hydrogen) atoms. The van der Waals surface area contributed by atoms with E-state index in [2.05, 4.69) is 64.8 Å². The molecule has 0 aliphatic rings. The van der Waals surface area contributed by atoms with Gasteiger partial charge in [0.2, 0.25) is 0 Å². The zero-order valence-electron chi connectivity index (χ0n) is 29.6. The first kappa shape index (κ1) is 33.3. The average Bonchev–Trinajstić information content (AvgIpc) is 3.84. The van der Waals surface area contributed by atoms with Crippen molar-refractivity contribution in [2.75, 3.05) is 0 Å². The highest BCUT2D eigenvalue weighted by atomic mass is 16.1.